The second-order valence-electron chi connectivity index (χ2n) is 7.67. The third-order valence-electron chi connectivity index (χ3n) is 5.69. The Bertz CT molecular complexity index is 1130. The Labute approximate surface area is 179 Å². The minimum absolute atomic E-state index is 0.00263. The molecular weight excluding hydrogens is 407 g/mol. The summed E-state index contributed by atoms with van der Waals surface area (Å²) in [5.74, 6) is -0.731. The molecule has 0 radical (unpaired) electrons. The number of carbonyl (C=O) groups excluding carboxylic acids is 2. The first-order valence-electron chi connectivity index (χ1n) is 9.83. The van der Waals surface area contributed by atoms with Gasteiger partial charge in [0.05, 0.1) is 23.3 Å². The minimum atomic E-state index is -0.482. The predicted octanol–water partition coefficient (Wildman–Crippen LogP) is 4.37. The lowest BCUT2D eigenvalue weighted by atomic mass is 10.0. The molecule has 1 aromatic heterocycles. The van der Waals surface area contributed by atoms with Crippen molar-refractivity contribution in [2.45, 2.75) is 20.3 Å². The van der Waals surface area contributed by atoms with E-state index in [-0.39, 0.29) is 28.8 Å². The van der Waals surface area contributed by atoms with E-state index in [0.29, 0.717) is 26.2 Å². The van der Waals surface area contributed by atoms with Crippen molar-refractivity contribution in [1.82, 2.24) is 9.80 Å². The molecule has 1 saturated heterocycles. The molecule has 2 amide bonds. The van der Waals surface area contributed by atoms with E-state index in [1.54, 1.807) is 16.1 Å². The van der Waals surface area contributed by atoms with Crippen molar-refractivity contribution in [2.75, 3.05) is 26.2 Å². The molecule has 30 heavy (non-hydrogen) atoms. The Morgan fingerprint density at radius 2 is 1.70 bits per heavy atom. The number of furan rings is 1. The van der Waals surface area contributed by atoms with Crippen LogP contribution in [0.5, 0.6) is 0 Å². The van der Waals surface area contributed by atoms with Crippen LogP contribution in [0.4, 0.5) is 4.39 Å². The van der Waals surface area contributed by atoms with Crippen molar-refractivity contribution in [1.29, 1.82) is 0 Å². The average Bonchev–Trinajstić information content (AvgIpc) is 3.09. The molecule has 0 atom stereocenters. The van der Waals surface area contributed by atoms with Crippen LogP contribution in [0.25, 0.3) is 11.0 Å². The summed E-state index contributed by atoms with van der Waals surface area (Å²) in [5, 5.41) is 1.06. The number of piperazine rings is 1. The second kappa shape index (κ2) is 8.11. The summed E-state index contributed by atoms with van der Waals surface area (Å²) < 4.78 is 18.9. The van der Waals surface area contributed by atoms with Gasteiger partial charge in [-0.15, -0.1) is 0 Å². The first-order valence-corrected chi connectivity index (χ1v) is 10.2. The molecular formula is C23H22ClFN2O3. The molecule has 0 bridgehead atoms. The van der Waals surface area contributed by atoms with Crippen molar-refractivity contribution in [3.8, 4) is 0 Å². The lowest BCUT2D eigenvalue weighted by Crippen LogP contribution is -2.51. The fraction of sp³-hybridized carbons (Fsp3) is 0.304. The number of hydrogen-bond acceptors (Lipinski definition) is 3. The standard InChI is InChI=1S/C23H22ClFN2O3/c1-14-9-19-16(13-30-21(19)10-15(14)2)11-22(28)26-5-7-27(8-6-26)23(29)18-4-3-17(25)12-20(18)24/h3-4,9-10,12-13H,5-8,11H2,1-2H3. The summed E-state index contributed by atoms with van der Waals surface area (Å²) in [6.07, 6.45) is 1.91. The summed E-state index contributed by atoms with van der Waals surface area (Å²) in [5.41, 5.74) is 4.23. The third kappa shape index (κ3) is 3.92. The summed E-state index contributed by atoms with van der Waals surface area (Å²) >= 11 is 6.01. The van der Waals surface area contributed by atoms with Crippen molar-refractivity contribution >= 4 is 34.4 Å². The van der Waals surface area contributed by atoms with Crippen LogP contribution in [-0.4, -0.2) is 47.8 Å². The van der Waals surface area contributed by atoms with Crippen LogP contribution in [0, 0.1) is 19.7 Å². The molecule has 2 aromatic carbocycles. The Morgan fingerprint density at radius 1 is 1.03 bits per heavy atom. The molecule has 0 spiro atoms. The lowest BCUT2D eigenvalue weighted by Gasteiger charge is -2.35. The van der Waals surface area contributed by atoms with E-state index in [1.807, 2.05) is 19.9 Å². The number of hydrogen-bond donors (Lipinski definition) is 0. The largest absolute Gasteiger partial charge is 0.464 e. The molecule has 0 aliphatic carbocycles. The zero-order valence-corrected chi connectivity index (χ0v) is 17.6. The summed E-state index contributed by atoms with van der Waals surface area (Å²) in [6, 6.07) is 7.79. The summed E-state index contributed by atoms with van der Waals surface area (Å²) in [4.78, 5) is 28.9. The van der Waals surface area contributed by atoms with Gasteiger partial charge in [-0.2, -0.15) is 0 Å². The van der Waals surface area contributed by atoms with Gasteiger partial charge in [0.2, 0.25) is 5.91 Å². The Kier molecular flexibility index (Phi) is 5.52. The van der Waals surface area contributed by atoms with Crippen LogP contribution in [0.3, 0.4) is 0 Å². The quantitative estimate of drug-likeness (QED) is 0.622. The van der Waals surface area contributed by atoms with E-state index in [2.05, 4.69) is 6.07 Å². The van der Waals surface area contributed by atoms with Crippen LogP contribution in [0.15, 0.2) is 41.0 Å². The SMILES string of the molecule is Cc1cc2occ(CC(=O)N3CCN(C(=O)c4ccc(F)cc4Cl)CC3)c2cc1C. The number of aryl methyl sites for hydroxylation is 2. The van der Waals surface area contributed by atoms with Gasteiger partial charge >= 0.3 is 0 Å². The molecule has 0 unspecified atom stereocenters. The highest BCUT2D eigenvalue weighted by Crippen LogP contribution is 2.26. The molecule has 156 valence electrons. The number of nitrogens with zero attached hydrogens (tertiary/aromatic N) is 2. The van der Waals surface area contributed by atoms with Crippen LogP contribution < -0.4 is 0 Å². The van der Waals surface area contributed by atoms with E-state index in [9.17, 15) is 14.0 Å². The van der Waals surface area contributed by atoms with Crippen LogP contribution in [0.2, 0.25) is 5.02 Å². The number of fused-ring (bicyclic) bond motifs is 1. The highest BCUT2D eigenvalue weighted by molar-refractivity contribution is 6.33. The molecule has 1 fully saturated rings. The van der Waals surface area contributed by atoms with Gasteiger partial charge < -0.3 is 14.2 Å². The average molecular weight is 429 g/mol. The van der Waals surface area contributed by atoms with E-state index in [4.69, 9.17) is 16.0 Å². The number of carbonyl (C=O) groups is 2. The number of rotatable bonds is 3. The molecule has 3 aromatic rings. The van der Waals surface area contributed by atoms with Gasteiger partial charge in [-0.3, -0.25) is 9.59 Å². The fourth-order valence-corrected chi connectivity index (χ4v) is 3.99. The second-order valence-corrected chi connectivity index (χ2v) is 8.07. The molecule has 0 saturated carbocycles. The smallest absolute Gasteiger partial charge is 0.255 e. The maximum absolute atomic E-state index is 13.2. The summed E-state index contributed by atoms with van der Waals surface area (Å²) in [7, 11) is 0. The van der Waals surface area contributed by atoms with E-state index < -0.39 is 5.82 Å². The molecule has 1 aliphatic heterocycles. The molecule has 0 N–H and O–H groups in total. The van der Waals surface area contributed by atoms with Gasteiger partial charge in [0.1, 0.15) is 11.4 Å². The highest BCUT2D eigenvalue weighted by atomic mass is 35.5. The Hall–Kier alpha value is -2.86. The number of amides is 2. The van der Waals surface area contributed by atoms with Gasteiger partial charge in [-0.25, -0.2) is 4.39 Å². The zero-order valence-electron chi connectivity index (χ0n) is 16.9. The highest BCUT2D eigenvalue weighted by Gasteiger charge is 2.26. The van der Waals surface area contributed by atoms with Gasteiger partial charge in [-0.05, 0) is 55.3 Å². The van der Waals surface area contributed by atoms with Gasteiger partial charge in [-0.1, -0.05) is 11.6 Å². The maximum atomic E-state index is 13.2. The molecule has 7 heteroatoms. The van der Waals surface area contributed by atoms with E-state index in [0.717, 1.165) is 33.7 Å². The lowest BCUT2D eigenvalue weighted by molar-refractivity contribution is -0.131. The van der Waals surface area contributed by atoms with Crippen LogP contribution in [0.1, 0.15) is 27.0 Å². The van der Waals surface area contributed by atoms with E-state index in [1.165, 1.54) is 12.1 Å². The Morgan fingerprint density at radius 3 is 2.40 bits per heavy atom. The van der Waals surface area contributed by atoms with Crippen LogP contribution >= 0.6 is 11.6 Å². The first-order chi connectivity index (χ1) is 14.3. The van der Waals surface area contributed by atoms with Gasteiger partial charge in [0, 0.05) is 37.1 Å². The monoisotopic (exact) mass is 428 g/mol. The molecule has 1 aliphatic rings. The molecule has 5 nitrogen and oxygen atoms in total. The zero-order chi connectivity index (χ0) is 21.4. The van der Waals surface area contributed by atoms with E-state index >= 15 is 0 Å². The van der Waals surface area contributed by atoms with Crippen LogP contribution in [-0.2, 0) is 11.2 Å². The Balaban J connectivity index is 1.40. The predicted molar refractivity (Wildman–Crippen MR) is 113 cm³/mol. The third-order valence-corrected chi connectivity index (χ3v) is 6.01. The van der Waals surface area contributed by atoms with Crippen molar-refractivity contribution in [3.05, 3.63) is 69.7 Å². The first kappa shape index (κ1) is 20.4. The van der Waals surface area contributed by atoms with Crippen molar-refractivity contribution in [2.24, 2.45) is 0 Å². The van der Waals surface area contributed by atoms with Crippen molar-refractivity contribution in [3.63, 3.8) is 0 Å². The van der Waals surface area contributed by atoms with Crippen molar-refractivity contribution < 1.29 is 18.4 Å². The topological polar surface area (TPSA) is 53.8 Å². The minimum Gasteiger partial charge on any atom is -0.464 e. The number of halogens is 2. The summed E-state index contributed by atoms with van der Waals surface area (Å²) in [6.45, 7) is 5.76. The molecule has 2 heterocycles. The fourth-order valence-electron chi connectivity index (χ4n) is 3.74. The normalized spacial score (nSPS) is 14.4. The van der Waals surface area contributed by atoms with Gasteiger partial charge in [0.25, 0.3) is 5.91 Å². The molecule has 4 rings (SSSR count). The van der Waals surface area contributed by atoms with Gasteiger partial charge in [0.15, 0.2) is 0 Å². The number of benzene rings is 2. The maximum Gasteiger partial charge on any atom is 0.255 e.